The van der Waals surface area contributed by atoms with Gasteiger partial charge in [0.1, 0.15) is 41.5 Å². The van der Waals surface area contributed by atoms with Gasteiger partial charge in [0, 0.05) is 91.5 Å². The third kappa shape index (κ3) is 8.32. The van der Waals surface area contributed by atoms with Crippen LogP contribution in [0, 0.1) is 0 Å². The molecule has 0 radical (unpaired) electrons. The number of aliphatic hydroxyl groups is 4. The molecule has 374 valence electrons. The molecule has 4 aromatic rings. The second kappa shape index (κ2) is 20.1. The van der Waals surface area contributed by atoms with Crippen LogP contribution in [0.25, 0.3) is 0 Å². The molecule has 18 nitrogen and oxygen atoms in total. The Bertz CT molecular complexity index is 2500. The fourth-order valence-electron chi connectivity index (χ4n) is 12.3. The highest BCUT2D eigenvalue weighted by atomic mass is 16.6. The maximum absolute atomic E-state index is 15.0. The molecule has 1 fully saturated rings. The van der Waals surface area contributed by atoms with Crippen LogP contribution in [0.3, 0.4) is 0 Å². The average molecular weight is 964 g/mol. The van der Waals surface area contributed by atoms with E-state index in [2.05, 4.69) is 49.7 Å². The van der Waals surface area contributed by atoms with Gasteiger partial charge in [-0.2, -0.15) is 0 Å². The van der Waals surface area contributed by atoms with Gasteiger partial charge in [0.15, 0.2) is 6.23 Å². The highest BCUT2D eigenvalue weighted by Gasteiger charge is 2.58. The van der Waals surface area contributed by atoms with Crippen molar-refractivity contribution in [3.05, 3.63) is 92.8 Å². The van der Waals surface area contributed by atoms with Gasteiger partial charge in [-0.25, -0.2) is 4.68 Å². The third-order valence-electron chi connectivity index (χ3n) is 15.4. The van der Waals surface area contributed by atoms with Crippen molar-refractivity contribution in [1.82, 2.24) is 25.2 Å². The number of nitrogens with one attached hydrogen (secondary N) is 1. The van der Waals surface area contributed by atoms with Crippen molar-refractivity contribution < 1.29 is 53.7 Å². The maximum atomic E-state index is 15.0. The minimum atomic E-state index is -1.50. The van der Waals surface area contributed by atoms with E-state index in [9.17, 15) is 30.0 Å². The number of aliphatic hydroxyl groups excluding tert-OH is 4. The smallest absolute Gasteiger partial charge is 0.255 e. The van der Waals surface area contributed by atoms with Crippen molar-refractivity contribution in [3.63, 3.8) is 0 Å². The Hall–Kier alpha value is -5.18. The van der Waals surface area contributed by atoms with Gasteiger partial charge in [-0.15, -0.1) is 5.10 Å². The number of fused-ring (bicyclic) bond motifs is 8. The summed E-state index contributed by atoms with van der Waals surface area (Å²) in [5.41, 5.74) is 11.4. The standard InChI is InChI=1S/C52H65N7O11/c60-31-41-45(62)46(63)47(64)51(69-41)59-30-34(54-55-59)10-7-22-66-24-26-68-27-25-67-23-15-42(61)53-16-21-58-50(65)35-11-1-2-14-38(35)52(58)39-28-32-8-3-17-56-19-5-12-36(43(32)56)48(39)70-49-37-13-6-20-57-18-4-9-33(44(37)57)29-40(49)52/h1-2,11,14,28-30,41,45-47,51,60,62-64H,3-10,12-13,15-27,31H2,(H,53,61). The van der Waals surface area contributed by atoms with E-state index in [4.69, 9.17) is 23.7 Å². The maximum Gasteiger partial charge on any atom is 0.255 e. The molecular weight excluding hydrogens is 899 g/mol. The fourth-order valence-corrected chi connectivity index (χ4v) is 12.3. The summed E-state index contributed by atoms with van der Waals surface area (Å²) >= 11 is 0. The van der Waals surface area contributed by atoms with E-state index >= 15 is 0 Å². The topological polar surface area (TPSA) is 214 Å². The predicted molar refractivity (Wildman–Crippen MR) is 255 cm³/mol. The number of hydrogen-bond acceptors (Lipinski definition) is 15. The second-order valence-electron chi connectivity index (χ2n) is 19.6. The minimum absolute atomic E-state index is 0.0310. The summed E-state index contributed by atoms with van der Waals surface area (Å²) in [6, 6.07) is 12.9. The molecule has 8 heterocycles. The van der Waals surface area contributed by atoms with Crippen LogP contribution < -0.4 is 19.9 Å². The Morgan fingerprint density at radius 2 is 1.39 bits per heavy atom. The monoisotopic (exact) mass is 963 g/mol. The number of carbonyl (C=O) groups excluding carboxylic acids is 2. The highest BCUT2D eigenvalue weighted by Crippen LogP contribution is 2.62. The molecule has 1 spiro atoms. The number of aromatic nitrogens is 3. The normalized spacial score (nSPS) is 23.6. The van der Waals surface area contributed by atoms with E-state index in [1.165, 1.54) is 38.3 Å². The summed E-state index contributed by atoms with van der Waals surface area (Å²) in [4.78, 5) is 35.5. The molecular formula is C52H65N7O11. The number of nitrogens with zero attached hydrogens (tertiary/aromatic N) is 6. The van der Waals surface area contributed by atoms with Crippen molar-refractivity contribution in [2.45, 2.75) is 107 Å². The van der Waals surface area contributed by atoms with Crippen LogP contribution in [-0.4, -0.2) is 162 Å². The van der Waals surface area contributed by atoms with Gasteiger partial charge in [0.2, 0.25) is 5.91 Å². The Balaban J connectivity index is 0.686. The number of benzene rings is 3. The number of aryl methyl sites for hydroxylation is 3. The molecule has 11 rings (SSSR count). The van der Waals surface area contributed by atoms with Crippen LogP contribution in [0.1, 0.15) is 99.7 Å². The van der Waals surface area contributed by atoms with Gasteiger partial charge in [0.25, 0.3) is 5.91 Å². The highest BCUT2D eigenvalue weighted by molar-refractivity contribution is 6.03. The zero-order valence-corrected chi connectivity index (χ0v) is 39.7. The van der Waals surface area contributed by atoms with E-state index in [-0.39, 0.29) is 31.4 Å². The number of rotatable bonds is 18. The van der Waals surface area contributed by atoms with Crippen molar-refractivity contribution in [2.75, 3.05) is 95.3 Å². The van der Waals surface area contributed by atoms with Crippen molar-refractivity contribution >= 4 is 23.2 Å². The summed E-state index contributed by atoms with van der Waals surface area (Å²) in [5.74, 6) is 1.67. The molecule has 2 amide bonds. The first-order valence-electron chi connectivity index (χ1n) is 25.5. The molecule has 7 aliphatic rings. The number of ether oxygens (including phenoxy) is 5. The first kappa shape index (κ1) is 47.2. The Labute approximate surface area is 407 Å². The lowest BCUT2D eigenvalue weighted by Crippen LogP contribution is -2.56. The molecule has 18 heteroatoms. The van der Waals surface area contributed by atoms with Crippen molar-refractivity contribution in [1.29, 1.82) is 0 Å². The molecule has 70 heavy (non-hydrogen) atoms. The lowest BCUT2D eigenvalue weighted by molar-refractivity contribution is -0.254. The Morgan fingerprint density at radius 3 is 2.04 bits per heavy atom. The van der Waals surface area contributed by atoms with Crippen LogP contribution in [0.5, 0.6) is 11.5 Å². The molecule has 3 aromatic carbocycles. The first-order chi connectivity index (χ1) is 34.3. The van der Waals surface area contributed by atoms with E-state index in [1.54, 1.807) is 6.20 Å². The van der Waals surface area contributed by atoms with Crippen LogP contribution in [0.2, 0.25) is 0 Å². The zero-order chi connectivity index (χ0) is 47.9. The van der Waals surface area contributed by atoms with Gasteiger partial charge in [-0.3, -0.25) is 9.59 Å². The van der Waals surface area contributed by atoms with E-state index in [0.717, 1.165) is 106 Å². The van der Waals surface area contributed by atoms with E-state index in [0.29, 0.717) is 63.7 Å². The fraction of sp³-hybridized carbons (Fsp3) is 0.577. The molecule has 5 atom stereocenters. The molecule has 0 aliphatic carbocycles. The van der Waals surface area contributed by atoms with Crippen LogP contribution in [-0.2, 0) is 61.4 Å². The summed E-state index contributed by atoms with van der Waals surface area (Å²) in [5, 5.41) is 51.1. The van der Waals surface area contributed by atoms with Gasteiger partial charge in [0.05, 0.1) is 51.5 Å². The molecule has 1 aromatic heterocycles. The van der Waals surface area contributed by atoms with Gasteiger partial charge >= 0.3 is 0 Å². The summed E-state index contributed by atoms with van der Waals surface area (Å²) in [6.45, 7) is 6.43. The van der Waals surface area contributed by atoms with Crippen LogP contribution >= 0.6 is 0 Å². The molecule has 7 aliphatic heterocycles. The predicted octanol–water partition coefficient (Wildman–Crippen LogP) is 2.69. The van der Waals surface area contributed by atoms with Crippen LogP contribution in [0.4, 0.5) is 11.4 Å². The van der Waals surface area contributed by atoms with Gasteiger partial charge < -0.3 is 64.1 Å². The number of carbonyl (C=O) groups is 2. The number of anilines is 2. The lowest BCUT2D eigenvalue weighted by Gasteiger charge is -2.49. The molecule has 0 bridgehead atoms. The van der Waals surface area contributed by atoms with Crippen molar-refractivity contribution in [2.24, 2.45) is 0 Å². The van der Waals surface area contributed by atoms with E-state index in [1.807, 2.05) is 17.0 Å². The van der Waals surface area contributed by atoms with E-state index < -0.39 is 42.8 Å². The number of amides is 2. The minimum Gasteiger partial charge on any atom is -0.456 e. The largest absolute Gasteiger partial charge is 0.456 e. The average Bonchev–Trinajstić information content (AvgIpc) is 3.95. The first-order valence-corrected chi connectivity index (χ1v) is 25.5. The lowest BCUT2D eigenvalue weighted by atomic mass is 9.70. The van der Waals surface area contributed by atoms with Crippen LogP contribution in [0.15, 0.2) is 42.6 Å². The van der Waals surface area contributed by atoms with Gasteiger partial charge in [-0.05, 0) is 99.1 Å². The third-order valence-corrected chi connectivity index (χ3v) is 15.4. The summed E-state index contributed by atoms with van der Waals surface area (Å²) < 4.78 is 31.3. The summed E-state index contributed by atoms with van der Waals surface area (Å²) in [7, 11) is 0. The number of hydrogen-bond donors (Lipinski definition) is 5. The molecule has 5 N–H and O–H groups in total. The quantitative estimate of drug-likeness (QED) is 0.0908. The second-order valence-corrected chi connectivity index (χ2v) is 19.6. The zero-order valence-electron chi connectivity index (χ0n) is 39.7. The molecule has 1 saturated heterocycles. The Morgan fingerprint density at radius 1 is 0.771 bits per heavy atom. The van der Waals surface area contributed by atoms with Gasteiger partial charge in [-0.1, -0.05) is 23.4 Å². The summed E-state index contributed by atoms with van der Waals surface area (Å²) in [6.07, 6.45) is 4.64. The molecule has 0 saturated carbocycles. The Kier molecular flexibility index (Phi) is 13.6. The SMILES string of the molecule is O=C(CCOCCOCCOCCCc1cn(C2OC(CO)C(O)C(O)C2O)nn1)NCCN1C(=O)c2ccccc2C12c1cc3c4c(c1Oc1c2cc2c5c1CCCN5CCC2)CCCN4CCC3. The molecule has 5 unspecified atom stereocenters. The van der Waals surface area contributed by atoms with Crippen molar-refractivity contribution in [3.8, 4) is 11.5 Å².